The van der Waals surface area contributed by atoms with Crippen molar-refractivity contribution in [1.29, 1.82) is 0 Å². The lowest BCUT2D eigenvalue weighted by Crippen LogP contribution is -1.84. The molecule has 0 aliphatic heterocycles. The summed E-state index contributed by atoms with van der Waals surface area (Å²) in [6, 6.07) is 10.5. The first-order valence-electron chi connectivity index (χ1n) is 6.39. The van der Waals surface area contributed by atoms with Gasteiger partial charge in [0, 0.05) is 0 Å². The quantitative estimate of drug-likeness (QED) is 0.583. The summed E-state index contributed by atoms with van der Waals surface area (Å²) in [7, 11) is 0. The third-order valence-corrected chi connectivity index (χ3v) is 2.10. The van der Waals surface area contributed by atoms with Crippen molar-refractivity contribution in [3.8, 4) is 0 Å². The molecule has 0 heteroatoms. The van der Waals surface area contributed by atoms with Crippen molar-refractivity contribution in [3.63, 3.8) is 0 Å². The van der Waals surface area contributed by atoms with E-state index in [2.05, 4.69) is 48.6 Å². The minimum absolute atomic E-state index is 1.18. The third-order valence-electron chi connectivity index (χ3n) is 2.10. The molecule has 0 nitrogen and oxygen atoms in total. The SMILES string of the molecule is C1=CC(c2ccccc2)=CCC1.CC.CC. The Morgan fingerprint density at radius 3 is 1.94 bits per heavy atom. The van der Waals surface area contributed by atoms with Gasteiger partial charge in [-0.3, -0.25) is 0 Å². The molecule has 0 atom stereocenters. The van der Waals surface area contributed by atoms with Crippen LogP contribution >= 0.6 is 0 Å². The second-order valence-corrected chi connectivity index (χ2v) is 3.01. The van der Waals surface area contributed by atoms with Gasteiger partial charge >= 0.3 is 0 Å². The molecule has 0 saturated heterocycles. The molecule has 0 heterocycles. The van der Waals surface area contributed by atoms with Gasteiger partial charge in [0.25, 0.3) is 0 Å². The molecule has 1 aliphatic carbocycles. The molecule has 16 heavy (non-hydrogen) atoms. The summed E-state index contributed by atoms with van der Waals surface area (Å²) in [6.07, 6.45) is 9.12. The highest BCUT2D eigenvalue weighted by Gasteiger charge is 1.98. The zero-order chi connectivity index (χ0) is 12.2. The van der Waals surface area contributed by atoms with Crippen LogP contribution in [-0.2, 0) is 0 Å². The standard InChI is InChI=1S/C12H12.2C2H6/c1-3-7-11(8-4-1)12-9-5-2-6-10-12;2*1-2/h1,3-5,7-10H,2,6H2;2*1-2H3. The van der Waals surface area contributed by atoms with Crippen LogP contribution < -0.4 is 0 Å². The Morgan fingerprint density at radius 1 is 0.812 bits per heavy atom. The van der Waals surface area contributed by atoms with Crippen LogP contribution in [0.4, 0.5) is 0 Å². The van der Waals surface area contributed by atoms with Crippen LogP contribution in [0.25, 0.3) is 5.57 Å². The van der Waals surface area contributed by atoms with E-state index >= 15 is 0 Å². The molecule has 1 aromatic rings. The van der Waals surface area contributed by atoms with Crippen molar-refractivity contribution < 1.29 is 0 Å². The molecule has 0 N–H and O–H groups in total. The summed E-state index contributed by atoms with van der Waals surface area (Å²) < 4.78 is 0. The summed E-state index contributed by atoms with van der Waals surface area (Å²) in [5.74, 6) is 0. The number of hydrogen-bond donors (Lipinski definition) is 0. The summed E-state index contributed by atoms with van der Waals surface area (Å²) in [4.78, 5) is 0. The molecule has 0 unspecified atom stereocenters. The average Bonchev–Trinajstić information content (AvgIpc) is 2.45. The maximum absolute atomic E-state index is 2.30. The van der Waals surface area contributed by atoms with E-state index in [9.17, 15) is 0 Å². The zero-order valence-corrected chi connectivity index (χ0v) is 11.0. The molecular weight excluding hydrogens is 192 g/mol. The fourth-order valence-electron chi connectivity index (χ4n) is 1.46. The van der Waals surface area contributed by atoms with E-state index in [4.69, 9.17) is 0 Å². The first kappa shape index (κ1) is 14.7. The topological polar surface area (TPSA) is 0 Å². The first-order chi connectivity index (χ1) is 7.97. The molecule has 0 radical (unpaired) electrons. The van der Waals surface area contributed by atoms with Gasteiger partial charge in [0.15, 0.2) is 0 Å². The summed E-state index contributed by atoms with van der Waals surface area (Å²) in [5.41, 5.74) is 2.69. The van der Waals surface area contributed by atoms with Crippen molar-refractivity contribution in [2.24, 2.45) is 0 Å². The minimum Gasteiger partial charge on any atom is -0.0836 e. The molecule has 0 spiro atoms. The number of hydrogen-bond acceptors (Lipinski definition) is 0. The molecule has 0 saturated carbocycles. The van der Waals surface area contributed by atoms with Crippen molar-refractivity contribution in [3.05, 3.63) is 54.1 Å². The monoisotopic (exact) mass is 216 g/mol. The van der Waals surface area contributed by atoms with Crippen LogP contribution in [0.1, 0.15) is 46.1 Å². The molecule has 1 aromatic carbocycles. The predicted octanol–water partition coefficient (Wildman–Crippen LogP) is 5.47. The van der Waals surface area contributed by atoms with Crippen LogP contribution in [0.3, 0.4) is 0 Å². The normalized spacial score (nSPS) is 12.6. The molecule has 2 rings (SSSR count). The van der Waals surface area contributed by atoms with Gasteiger partial charge in [-0.15, -0.1) is 0 Å². The van der Waals surface area contributed by atoms with E-state index in [1.807, 2.05) is 27.7 Å². The fraction of sp³-hybridized carbons (Fsp3) is 0.375. The van der Waals surface area contributed by atoms with Gasteiger partial charge in [0.05, 0.1) is 0 Å². The Labute approximate surface area is 101 Å². The summed E-state index contributed by atoms with van der Waals surface area (Å²) >= 11 is 0. The highest BCUT2D eigenvalue weighted by molar-refractivity contribution is 5.74. The predicted molar refractivity (Wildman–Crippen MR) is 75.5 cm³/mol. The highest BCUT2D eigenvalue weighted by Crippen LogP contribution is 2.20. The van der Waals surface area contributed by atoms with Gasteiger partial charge in [-0.2, -0.15) is 0 Å². The first-order valence-corrected chi connectivity index (χ1v) is 6.39. The van der Waals surface area contributed by atoms with Gasteiger partial charge in [-0.1, -0.05) is 76.3 Å². The maximum atomic E-state index is 2.30. The molecule has 0 fully saturated rings. The zero-order valence-electron chi connectivity index (χ0n) is 11.0. The van der Waals surface area contributed by atoms with Crippen LogP contribution in [-0.4, -0.2) is 0 Å². The minimum atomic E-state index is 1.18. The summed E-state index contributed by atoms with van der Waals surface area (Å²) in [6.45, 7) is 8.00. The number of rotatable bonds is 1. The highest BCUT2D eigenvalue weighted by atomic mass is 14.0. The van der Waals surface area contributed by atoms with Crippen LogP contribution in [0.15, 0.2) is 48.6 Å². The van der Waals surface area contributed by atoms with Crippen molar-refractivity contribution in [2.45, 2.75) is 40.5 Å². The van der Waals surface area contributed by atoms with Gasteiger partial charge in [0.1, 0.15) is 0 Å². The fourth-order valence-corrected chi connectivity index (χ4v) is 1.46. The average molecular weight is 216 g/mol. The lowest BCUT2D eigenvalue weighted by Gasteiger charge is -2.05. The maximum Gasteiger partial charge on any atom is -0.0187 e. The van der Waals surface area contributed by atoms with E-state index in [1.54, 1.807) is 0 Å². The lowest BCUT2D eigenvalue weighted by molar-refractivity contribution is 1.04. The Hall–Kier alpha value is -1.30. The molecule has 0 bridgehead atoms. The van der Waals surface area contributed by atoms with Crippen molar-refractivity contribution in [2.75, 3.05) is 0 Å². The van der Waals surface area contributed by atoms with E-state index < -0.39 is 0 Å². The second kappa shape index (κ2) is 10.2. The Morgan fingerprint density at radius 2 is 1.44 bits per heavy atom. The van der Waals surface area contributed by atoms with Crippen LogP contribution in [0, 0.1) is 0 Å². The van der Waals surface area contributed by atoms with Crippen LogP contribution in [0.2, 0.25) is 0 Å². The van der Waals surface area contributed by atoms with Gasteiger partial charge in [-0.25, -0.2) is 0 Å². The molecule has 1 aliphatic rings. The van der Waals surface area contributed by atoms with E-state index in [0.29, 0.717) is 0 Å². The van der Waals surface area contributed by atoms with Crippen molar-refractivity contribution >= 4 is 5.57 Å². The smallest absolute Gasteiger partial charge is 0.0187 e. The Bertz CT molecular complexity index is 304. The molecule has 88 valence electrons. The molecule has 0 amide bonds. The number of allylic oxidation sites excluding steroid dienone is 4. The largest absolute Gasteiger partial charge is 0.0836 e. The van der Waals surface area contributed by atoms with Gasteiger partial charge < -0.3 is 0 Å². The van der Waals surface area contributed by atoms with E-state index in [-0.39, 0.29) is 0 Å². The molecule has 0 aromatic heterocycles. The van der Waals surface area contributed by atoms with E-state index in [1.165, 1.54) is 24.0 Å². The second-order valence-electron chi connectivity index (χ2n) is 3.01. The molecular formula is C16H24. The number of benzene rings is 1. The van der Waals surface area contributed by atoms with Gasteiger partial charge in [0.2, 0.25) is 0 Å². The lowest BCUT2D eigenvalue weighted by atomic mass is 10.00. The van der Waals surface area contributed by atoms with Crippen molar-refractivity contribution in [1.82, 2.24) is 0 Å². The van der Waals surface area contributed by atoms with Crippen LogP contribution in [0.5, 0.6) is 0 Å². The Balaban J connectivity index is 0.000000509. The van der Waals surface area contributed by atoms with E-state index in [0.717, 1.165) is 0 Å². The summed E-state index contributed by atoms with van der Waals surface area (Å²) in [5, 5.41) is 0. The third kappa shape index (κ3) is 4.97. The van der Waals surface area contributed by atoms with Gasteiger partial charge in [-0.05, 0) is 24.0 Å². The Kier molecular flexibility index (Phi) is 9.39.